The van der Waals surface area contributed by atoms with E-state index in [4.69, 9.17) is 14.2 Å². The molecule has 0 saturated heterocycles. The Balaban J connectivity index is 2.93. The van der Waals surface area contributed by atoms with Crippen LogP contribution in [0.15, 0.2) is 24.8 Å². The highest BCUT2D eigenvalue weighted by Gasteiger charge is 2.16. The zero-order valence-corrected chi connectivity index (χ0v) is 13.8. The van der Waals surface area contributed by atoms with Crippen molar-refractivity contribution in [2.24, 2.45) is 0 Å². The van der Waals surface area contributed by atoms with E-state index in [0.717, 1.165) is 0 Å². The molecular weight excluding hydrogens is 300 g/mol. The molecule has 0 aromatic heterocycles. The van der Waals surface area contributed by atoms with Crippen LogP contribution in [-0.4, -0.2) is 51.1 Å². The Labute approximate surface area is 135 Å². The van der Waals surface area contributed by atoms with Crippen LogP contribution < -0.4 is 19.5 Å². The molecule has 0 aliphatic carbocycles. The van der Waals surface area contributed by atoms with Gasteiger partial charge in [0.05, 0.1) is 21.3 Å². The highest BCUT2D eigenvalue weighted by Crippen LogP contribution is 2.39. The zero-order chi connectivity index (χ0) is 17.4. The number of anilines is 1. The SMILES string of the molecule is C=CCN(CC(=O)Nc1cc(OC)c(OC)c(OC)c1)C(C)=O. The molecule has 2 amide bonds. The van der Waals surface area contributed by atoms with Crippen LogP contribution in [0.5, 0.6) is 17.2 Å². The first-order chi connectivity index (χ1) is 11.0. The van der Waals surface area contributed by atoms with E-state index in [1.807, 2.05) is 0 Å². The van der Waals surface area contributed by atoms with Crippen molar-refractivity contribution in [3.05, 3.63) is 24.8 Å². The molecule has 0 aliphatic rings. The maximum absolute atomic E-state index is 12.1. The van der Waals surface area contributed by atoms with Gasteiger partial charge in [0.2, 0.25) is 17.6 Å². The van der Waals surface area contributed by atoms with Gasteiger partial charge in [0.1, 0.15) is 6.54 Å². The van der Waals surface area contributed by atoms with E-state index >= 15 is 0 Å². The highest BCUT2D eigenvalue weighted by molar-refractivity contribution is 5.95. The van der Waals surface area contributed by atoms with Gasteiger partial charge in [-0.05, 0) is 0 Å². The Hall–Kier alpha value is -2.70. The van der Waals surface area contributed by atoms with Gasteiger partial charge in [0.25, 0.3) is 0 Å². The summed E-state index contributed by atoms with van der Waals surface area (Å²) in [5.41, 5.74) is 0.478. The first-order valence-corrected chi connectivity index (χ1v) is 6.93. The molecular formula is C16H22N2O5. The number of nitrogens with one attached hydrogen (secondary N) is 1. The third-order valence-electron chi connectivity index (χ3n) is 3.08. The summed E-state index contributed by atoms with van der Waals surface area (Å²) in [5, 5.41) is 2.70. The smallest absolute Gasteiger partial charge is 0.244 e. The van der Waals surface area contributed by atoms with Crippen molar-refractivity contribution in [3.63, 3.8) is 0 Å². The lowest BCUT2D eigenvalue weighted by Gasteiger charge is -2.19. The van der Waals surface area contributed by atoms with Gasteiger partial charge in [-0.1, -0.05) is 6.08 Å². The number of methoxy groups -OCH3 is 3. The second-order valence-electron chi connectivity index (χ2n) is 4.65. The Morgan fingerprint density at radius 2 is 1.74 bits per heavy atom. The quantitative estimate of drug-likeness (QED) is 0.737. The summed E-state index contributed by atoms with van der Waals surface area (Å²) in [6.07, 6.45) is 1.56. The van der Waals surface area contributed by atoms with Crippen molar-refractivity contribution in [1.29, 1.82) is 0 Å². The average Bonchev–Trinajstić information content (AvgIpc) is 2.53. The predicted octanol–water partition coefficient (Wildman–Crippen LogP) is 1.69. The van der Waals surface area contributed by atoms with Gasteiger partial charge in [-0.2, -0.15) is 0 Å². The molecule has 0 fully saturated rings. The molecule has 1 rings (SSSR count). The number of rotatable bonds is 8. The predicted molar refractivity (Wildman–Crippen MR) is 87.2 cm³/mol. The third-order valence-corrected chi connectivity index (χ3v) is 3.08. The normalized spacial score (nSPS) is 9.74. The van der Waals surface area contributed by atoms with E-state index in [1.165, 1.54) is 33.2 Å². The second kappa shape index (κ2) is 8.67. The van der Waals surface area contributed by atoms with Crippen molar-refractivity contribution in [2.45, 2.75) is 6.92 Å². The number of hydrogen-bond acceptors (Lipinski definition) is 5. The maximum atomic E-state index is 12.1. The van der Waals surface area contributed by atoms with E-state index in [1.54, 1.807) is 18.2 Å². The number of benzene rings is 1. The molecule has 7 nitrogen and oxygen atoms in total. The molecule has 0 aliphatic heterocycles. The molecule has 0 saturated carbocycles. The minimum atomic E-state index is -0.337. The minimum absolute atomic E-state index is 0.0714. The number of carbonyl (C=O) groups is 2. The monoisotopic (exact) mass is 322 g/mol. The number of hydrogen-bond donors (Lipinski definition) is 1. The van der Waals surface area contributed by atoms with Gasteiger partial charge in [0.15, 0.2) is 11.5 Å². The second-order valence-corrected chi connectivity index (χ2v) is 4.65. The molecule has 1 aromatic carbocycles. The minimum Gasteiger partial charge on any atom is -0.493 e. The van der Waals surface area contributed by atoms with Crippen LogP contribution >= 0.6 is 0 Å². The summed E-state index contributed by atoms with van der Waals surface area (Å²) >= 11 is 0. The van der Waals surface area contributed by atoms with E-state index in [9.17, 15) is 9.59 Å². The van der Waals surface area contributed by atoms with Crippen LogP contribution in [0.1, 0.15) is 6.92 Å². The van der Waals surface area contributed by atoms with Crippen LogP contribution in [0.25, 0.3) is 0 Å². The van der Waals surface area contributed by atoms with Crippen molar-refractivity contribution < 1.29 is 23.8 Å². The summed E-state index contributed by atoms with van der Waals surface area (Å²) in [5.74, 6) is 0.750. The molecule has 1 N–H and O–H groups in total. The fraction of sp³-hybridized carbons (Fsp3) is 0.375. The van der Waals surface area contributed by atoms with Crippen molar-refractivity contribution in [2.75, 3.05) is 39.7 Å². The fourth-order valence-electron chi connectivity index (χ4n) is 1.99. The van der Waals surface area contributed by atoms with Crippen LogP contribution in [0.4, 0.5) is 5.69 Å². The number of carbonyl (C=O) groups excluding carboxylic acids is 2. The van der Waals surface area contributed by atoms with Crippen molar-refractivity contribution in [1.82, 2.24) is 4.90 Å². The Bertz CT molecular complexity index is 561. The summed E-state index contributed by atoms with van der Waals surface area (Å²) in [6, 6.07) is 3.23. The molecule has 23 heavy (non-hydrogen) atoms. The molecule has 0 bridgehead atoms. The van der Waals surface area contributed by atoms with E-state index in [2.05, 4.69) is 11.9 Å². The highest BCUT2D eigenvalue weighted by atomic mass is 16.5. The molecule has 1 aromatic rings. The fourth-order valence-corrected chi connectivity index (χ4v) is 1.99. The average molecular weight is 322 g/mol. The van der Waals surface area contributed by atoms with Gasteiger partial charge in [-0.3, -0.25) is 9.59 Å². The summed E-state index contributed by atoms with van der Waals surface area (Å²) in [4.78, 5) is 24.9. The molecule has 0 heterocycles. The summed E-state index contributed by atoms with van der Waals surface area (Å²) in [7, 11) is 4.48. The van der Waals surface area contributed by atoms with Gasteiger partial charge >= 0.3 is 0 Å². The van der Waals surface area contributed by atoms with Gasteiger partial charge in [0, 0.05) is 31.3 Å². The molecule has 0 unspecified atom stereocenters. The van der Waals surface area contributed by atoms with E-state index in [0.29, 0.717) is 29.5 Å². The molecule has 0 spiro atoms. The van der Waals surface area contributed by atoms with Crippen molar-refractivity contribution in [3.8, 4) is 17.2 Å². The van der Waals surface area contributed by atoms with E-state index < -0.39 is 0 Å². The summed E-state index contributed by atoms with van der Waals surface area (Å²) < 4.78 is 15.7. The molecule has 0 atom stereocenters. The zero-order valence-electron chi connectivity index (χ0n) is 13.8. The first-order valence-electron chi connectivity index (χ1n) is 6.93. The van der Waals surface area contributed by atoms with Gasteiger partial charge in [-0.15, -0.1) is 6.58 Å². The lowest BCUT2D eigenvalue weighted by Crippen LogP contribution is -2.36. The lowest BCUT2D eigenvalue weighted by molar-refractivity contribution is -0.132. The van der Waals surface area contributed by atoms with E-state index in [-0.39, 0.29) is 18.4 Å². The van der Waals surface area contributed by atoms with Gasteiger partial charge < -0.3 is 24.4 Å². The Morgan fingerprint density at radius 1 is 1.17 bits per heavy atom. The Morgan fingerprint density at radius 3 is 2.13 bits per heavy atom. The topological polar surface area (TPSA) is 77.1 Å². The maximum Gasteiger partial charge on any atom is 0.244 e. The standard InChI is InChI=1S/C16H22N2O5/c1-6-7-18(11(2)19)10-15(20)17-12-8-13(21-3)16(23-5)14(9-12)22-4/h6,8-9H,1,7,10H2,2-5H3,(H,17,20). The lowest BCUT2D eigenvalue weighted by atomic mass is 10.2. The molecule has 7 heteroatoms. The van der Waals surface area contributed by atoms with Crippen LogP contribution in [0, 0.1) is 0 Å². The molecule has 126 valence electrons. The largest absolute Gasteiger partial charge is 0.493 e. The first kappa shape index (κ1) is 18.3. The van der Waals surface area contributed by atoms with Gasteiger partial charge in [-0.25, -0.2) is 0 Å². The number of amides is 2. The number of nitrogens with zero attached hydrogens (tertiary/aromatic N) is 1. The van der Waals surface area contributed by atoms with Crippen LogP contribution in [-0.2, 0) is 9.59 Å². The van der Waals surface area contributed by atoms with Crippen molar-refractivity contribution >= 4 is 17.5 Å². The molecule has 0 radical (unpaired) electrons. The Kier molecular flexibility index (Phi) is 6.92. The summed E-state index contributed by atoms with van der Waals surface area (Å²) in [6.45, 7) is 5.20. The van der Waals surface area contributed by atoms with Crippen LogP contribution in [0.3, 0.4) is 0 Å². The van der Waals surface area contributed by atoms with Crippen LogP contribution in [0.2, 0.25) is 0 Å². The third kappa shape index (κ3) is 4.91. The number of ether oxygens (including phenoxy) is 3.